The number of ether oxygens (including phenoxy) is 6. The van der Waals surface area contributed by atoms with E-state index in [4.69, 9.17) is 28.4 Å². The molecule has 544 valence electrons. The van der Waals surface area contributed by atoms with Gasteiger partial charge in [0.15, 0.2) is 17.3 Å². The first-order valence-corrected chi connectivity index (χ1v) is 34.3. The second kappa shape index (κ2) is 24.4. The summed E-state index contributed by atoms with van der Waals surface area (Å²) >= 11 is 0.882. The standard InChI is InChI=1S/C77H68F10N4O12S/c1-69(2)61(92)58(62(93)70(3,4)101-69)50-28-41(98-57-34-88-55-27-40(78)14-22-53(55)90-57)16-19-45(50)47-23-36(47)32-74(10)66(97)60(64(95)72(7,8)103-74)51-29-42(99-67-52(77(85,86)87)25-39(33-89-67)76(82,83)84)17-20-46(51)48-24-37(48)31-73(9)65(96)59(63(94)71(5,6)102-73)49-30-43(15-18-44(49)35-11-12-35)100-68-91-54-21-13-38(75(79,80)81)26-56(54)104-68/h13-22,25-30,33-37,47-48,92,94-95H,11-12,23-24,31-32H2,1-10H3. The molecule has 104 heavy (non-hydrogen) atoms. The predicted octanol–water partition coefficient (Wildman–Crippen LogP) is 19.7. The molecule has 14 rings (SSSR count). The maximum absolute atomic E-state index is 15.9. The lowest BCUT2D eigenvalue weighted by Crippen LogP contribution is -2.52. The van der Waals surface area contributed by atoms with Crippen LogP contribution >= 0.6 is 11.3 Å². The summed E-state index contributed by atoms with van der Waals surface area (Å²) in [5.41, 5.74) is -11.5. The molecule has 6 aliphatic rings. The monoisotopic (exact) mass is 1460 g/mol. The molecular formula is C77H68F10N4O12S. The molecule has 3 aliphatic carbocycles. The van der Waals surface area contributed by atoms with Crippen molar-refractivity contribution in [1.29, 1.82) is 0 Å². The van der Waals surface area contributed by atoms with Gasteiger partial charge in [0.2, 0.25) is 11.8 Å². The number of aliphatic hydroxyl groups excluding tert-OH is 3. The molecule has 0 bridgehead atoms. The Labute approximate surface area is 592 Å². The third-order valence-corrected chi connectivity index (χ3v) is 21.1. The number of hydrogen-bond acceptors (Lipinski definition) is 17. The van der Waals surface area contributed by atoms with Crippen LogP contribution in [0.2, 0.25) is 0 Å². The van der Waals surface area contributed by atoms with E-state index in [2.05, 4.69) is 19.9 Å². The van der Waals surface area contributed by atoms with Gasteiger partial charge in [0.05, 0.1) is 55.3 Å². The van der Waals surface area contributed by atoms with Crippen molar-refractivity contribution in [3.05, 3.63) is 183 Å². The SMILES string of the molecule is CC1(C)OC(C)(C)C(O)=C(c2cc(Oc3cnc4cc(F)ccc4n3)ccc2C2CC2CC2(C)OC(C)(C)C(O)=C(c3cc(Oc4ncc(C(F)(F)F)cc4C(F)(F)F)ccc3C3CC3CC3(C)OC(C)(C)C(O)=C(c4cc(Oc5nc6ccc(C(F)(F)F)cc6s5)ccc4C4CC4)C3=O)C2=O)C1=O. The van der Waals surface area contributed by atoms with Crippen LogP contribution in [0, 0.1) is 17.7 Å². The van der Waals surface area contributed by atoms with Crippen molar-refractivity contribution in [2.75, 3.05) is 0 Å². The number of alkyl halides is 9. The van der Waals surface area contributed by atoms with Crippen LogP contribution in [0.15, 0.2) is 127 Å². The number of halogens is 10. The normalized spacial score (nSPS) is 24.6. The number of carbonyl (C=O) groups is 3. The Morgan fingerprint density at radius 3 is 1.51 bits per heavy atom. The molecule has 0 saturated heterocycles. The molecule has 3 fully saturated rings. The van der Waals surface area contributed by atoms with Crippen molar-refractivity contribution >= 4 is 66.7 Å². The Bertz CT molecular complexity index is 5070. The molecule has 5 aromatic carbocycles. The van der Waals surface area contributed by atoms with Crippen molar-refractivity contribution in [3.8, 4) is 34.2 Å². The molecule has 0 amide bonds. The summed E-state index contributed by atoms with van der Waals surface area (Å²) in [7, 11) is 0. The van der Waals surface area contributed by atoms with Crippen LogP contribution in [0.25, 0.3) is 38.0 Å². The average Bonchev–Trinajstić information content (AvgIpc) is 0.912. The summed E-state index contributed by atoms with van der Waals surface area (Å²) in [5, 5.41) is 36.7. The Kier molecular flexibility index (Phi) is 16.8. The zero-order chi connectivity index (χ0) is 74.9. The van der Waals surface area contributed by atoms with Gasteiger partial charge in [-0.2, -0.15) is 39.5 Å². The topological polar surface area (TPSA) is 219 Å². The molecular weight excluding hydrogens is 1390 g/mol. The van der Waals surface area contributed by atoms with E-state index in [1.165, 1.54) is 69.4 Å². The minimum atomic E-state index is -5.42. The molecule has 3 saturated carbocycles. The first-order valence-electron chi connectivity index (χ1n) is 33.5. The van der Waals surface area contributed by atoms with E-state index in [9.17, 15) is 64.0 Å². The van der Waals surface area contributed by atoms with Gasteiger partial charge in [0, 0.05) is 12.3 Å². The smallest absolute Gasteiger partial charge is 0.421 e. The van der Waals surface area contributed by atoms with Gasteiger partial charge in [-0.3, -0.25) is 14.4 Å². The van der Waals surface area contributed by atoms with Crippen molar-refractivity contribution < 1.29 is 102 Å². The number of ketones is 3. The third kappa shape index (κ3) is 13.2. The molecule has 3 aromatic heterocycles. The number of Topliss-reactive ketones (excluding diaryl/α,β-unsaturated/α-hetero) is 3. The molecule has 6 atom stereocenters. The Morgan fingerprint density at radius 2 is 0.981 bits per heavy atom. The van der Waals surface area contributed by atoms with Gasteiger partial charge in [-0.15, -0.1) is 0 Å². The number of aromatic nitrogens is 4. The second-order valence-electron chi connectivity index (χ2n) is 30.0. The Hall–Kier alpha value is -9.31. The maximum atomic E-state index is 15.9. The summed E-state index contributed by atoms with van der Waals surface area (Å²) in [6.07, 6.45) is -11.7. The molecule has 0 spiro atoms. The number of rotatable bonds is 16. The summed E-state index contributed by atoms with van der Waals surface area (Å²) in [4.78, 5) is 62.6. The van der Waals surface area contributed by atoms with Gasteiger partial charge in [-0.25, -0.2) is 24.3 Å². The third-order valence-electron chi connectivity index (χ3n) is 20.2. The van der Waals surface area contributed by atoms with Gasteiger partial charge >= 0.3 is 18.5 Å². The van der Waals surface area contributed by atoms with Crippen LogP contribution in [0.3, 0.4) is 0 Å². The van der Waals surface area contributed by atoms with Gasteiger partial charge in [-0.1, -0.05) is 29.5 Å². The van der Waals surface area contributed by atoms with Crippen LogP contribution < -0.4 is 14.2 Å². The van der Waals surface area contributed by atoms with E-state index >= 15 is 9.59 Å². The van der Waals surface area contributed by atoms with Gasteiger partial charge in [-0.05, 0) is 244 Å². The highest BCUT2D eigenvalue weighted by Gasteiger charge is 2.58. The molecule has 3 aliphatic heterocycles. The predicted molar refractivity (Wildman–Crippen MR) is 361 cm³/mol. The average molecular weight is 1460 g/mol. The van der Waals surface area contributed by atoms with Gasteiger partial charge in [0.25, 0.3) is 5.19 Å². The fourth-order valence-corrected chi connectivity index (χ4v) is 15.9. The van der Waals surface area contributed by atoms with Crippen LogP contribution in [-0.2, 0) is 47.1 Å². The molecule has 6 heterocycles. The Morgan fingerprint density at radius 1 is 0.490 bits per heavy atom. The van der Waals surface area contributed by atoms with Gasteiger partial charge in [0.1, 0.15) is 79.5 Å². The highest BCUT2D eigenvalue weighted by molar-refractivity contribution is 7.20. The number of benzene rings is 5. The summed E-state index contributed by atoms with van der Waals surface area (Å²) in [6, 6.07) is 20.6. The van der Waals surface area contributed by atoms with E-state index in [1.807, 2.05) is 0 Å². The summed E-state index contributed by atoms with van der Waals surface area (Å²) in [6.45, 7) is 15.7. The number of carbonyl (C=O) groups excluding carboxylic acids is 3. The molecule has 6 unspecified atom stereocenters. The maximum Gasteiger partial charge on any atom is 0.421 e. The largest absolute Gasteiger partial charge is 0.508 e. The van der Waals surface area contributed by atoms with E-state index in [0.717, 1.165) is 41.9 Å². The lowest BCUT2D eigenvalue weighted by Gasteiger charge is -2.43. The number of hydrogen-bond donors (Lipinski definition) is 3. The van der Waals surface area contributed by atoms with Gasteiger partial charge < -0.3 is 43.7 Å². The fourth-order valence-electron chi connectivity index (χ4n) is 15.0. The highest BCUT2D eigenvalue weighted by Crippen LogP contribution is 2.61. The minimum Gasteiger partial charge on any atom is -0.508 e. The van der Waals surface area contributed by atoms with E-state index in [-0.39, 0.29) is 115 Å². The van der Waals surface area contributed by atoms with Crippen LogP contribution in [0.5, 0.6) is 34.2 Å². The van der Waals surface area contributed by atoms with E-state index < -0.39 is 133 Å². The van der Waals surface area contributed by atoms with Crippen molar-refractivity contribution in [3.63, 3.8) is 0 Å². The number of pyridine rings is 1. The first-order chi connectivity index (χ1) is 48.4. The fraction of sp³-hybridized carbons (Fsp3) is 0.390. The molecule has 16 nitrogen and oxygen atoms in total. The molecule has 8 aromatic rings. The van der Waals surface area contributed by atoms with Crippen molar-refractivity contribution in [2.24, 2.45) is 11.8 Å². The lowest BCUT2D eigenvalue weighted by atomic mass is 9.77. The van der Waals surface area contributed by atoms with Crippen LogP contribution in [0.4, 0.5) is 43.9 Å². The lowest BCUT2D eigenvalue weighted by molar-refractivity contribution is -0.165. The van der Waals surface area contributed by atoms with Crippen LogP contribution in [-0.4, -0.2) is 86.2 Å². The zero-order valence-corrected chi connectivity index (χ0v) is 58.3. The minimum absolute atomic E-state index is 0.0123. The number of aliphatic hydroxyl groups is 3. The molecule has 3 N–H and O–H groups in total. The number of thiazole rings is 1. The van der Waals surface area contributed by atoms with Crippen molar-refractivity contribution in [2.45, 2.75) is 178 Å². The Balaban J connectivity index is 0.800. The van der Waals surface area contributed by atoms with E-state index in [1.54, 1.807) is 84.9 Å². The zero-order valence-electron chi connectivity index (χ0n) is 57.5. The van der Waals surface area contributed by atoms with Crippen LogP contribution in [0.1, 0.15) is 176 Å². The molecule has 0 radical (unpaired) electrons. The van der Waals surface area contributed by atoms with E-state index in [0.29, 0.717) is 28.6 Å². The second-order valence-corrected chi connectivity index (χ2v) is 31.0. The first kappa shape index (κ1) is 71.7. The molecule has 27 heteroatoms. The summed E-state index contributed by atoms with van der Waals surface area (Å²) in [5.74, 6) is -7.13. The number of nitrogens with zero attached hydrogens (tertiary/aromatic N) is 4. The van der Waals surface area contributed by atoms with Crippen molar-refractivity contribution in [1.82, 2.24) is 19.9 Å². The highest BCUT2D eigenvalue weighted by atomic mass is 32.1. The quantitative estimate of drug-likeness (QED) is 0.0766. The number of fused-ring (bicyclic) bond motifs is 2. The summed E-state index contributed by atoms with van der Waals surface area (Å²) < 4.78 is 179.